The Morgan fingerprint density at radius 2 is 2.21 bits per heavy atom. The van der Waals surface area contributed by atoms with Crippen molar-refractivity contribution < 1.29 is 5.11 Å². The Hall–Kier alpha value is -1.35. The predicted octanol–water partition coefficient (Wildman–Crippen LogP) is 2.55. The first-order chi connectivity index (χ1) is 6.70. The summed E-state index contributed by atoms with van der Waals surface area (Å²) >= 11 is 5.74. The van der Waals surface area contributed by atoms with Gasteiger partial charge in [-0.05, 0) is 12.5 Å². The third kappa shape index (κ3) is 1.51. The molecule has 0 atom stereocenters. The highest BCUT2D eigenvalue weighted by atomic mass is 35.5. The molecule has 0 fully saturated rings. The molecule has 0 bridgehead atoms. The Morgan fingerprint density at radius 1 is 1.43 bits per heavy atom. The molecule has 2 heterocycles. The minimum absolute atomic E-state index is 0.212. The molecular formula is C10H9ClN2O. The van der Waals surface area contributed by atoms with Crippen LogP contribution in [0, 0.1) is 0 Å². The molecule has 0 unspecified atom stereocenters. The Morgan fingerprint density at radius 3 is 2.93 bits per heavy atom. The molecule has 1 N–H and O–H groups in total. The van der Waals surface area contributed by atoms with Gasteiger partial charge in [0.2, 0.25) is 0 Å². The molecular weight excluding hydrogens is 200 g/mol. The van der Waals surface area contributed by atoms with E-state index in [1.54, 1.807) is 18.3 Å². The molecule has 0 radical (unpaired) electrons. The number of aromatic hydroxyl groups is 1. The average molecular weight is 209 g/mol. The van der Waals surface area contributed by atoms with Gasteiger partial charge in [-0.25, -0.2) is 9.97 Å². The van der Waals surface area contributed by atoms with Crippen LogP contribution < -0.4 is 0 Å². The van der Waals surface area contributed by atoms with Crippen molar-refractivity contribution in [2.45, 2.75) is 13.3 Å². The maximum absolute atomic E-state index is 9.55. The van der Waals surface area contributed by atoms with Crippen LogP contribution in [0.15, 0.2) is 18.3 Å². The van der Waals surface area contributed by atoms with Gasteiger partial charge in [0.05, 0.1) is 11.2 Å². The molecule has 0 aromatic carbocycles. The number of aryl methyl sites for hydroxylation is 1. The van der Waals surface area contributed by atoms with E-state index in [2.05, 4.69) is 9.97 Å². The van der Waals surface area contributed by atoms with E-state index in [9.17, 15) is 5.11 Å². The van der Waals surface area contributed by atoms with E-state index in [0.717, 1.165) is 10.9 Å². The fraction of sp³-hybridized carbons (Fsp3) is 0.200. The second-order valence-corrected chi connectivity index (χ2v) is 3.39. The molecule has 2 aromatic rings. The quantitative estimate of drug-likeness (QED) is 0.733. The van der Waals surface area contributed by atoms with E-state index >= 15 is 0 Å². The van der Waals surface area contributed by atoms with Gasteiger partial charge in [0, 0.05) is 17.6 Å². The van der Waals surface area contributed by atoms with Gasteiger partial charge in [0.25, 0.3) is 0 Å². The number of hydrogen-bond acceptors (Lipinski definition) is 3. The van der Waals surface area contributed by atoms with Crippen LogP contribution in [0.3, 0.4) is 0 Å². The fourth-order valence-corrected chi connectivity index (χ4v) is 1.48. The number of halogens is 1. The summed E-state index contributed by atoms with van der Waals surface area (Å²) < 4.78 is 0. The van der Waals surface area contributed by atoms with E-state index in [1.807, 2.05) is 6.92 Å². The summed E-state index contributed by atoms with van der Waals surface area (Å²) in [7, 11) is 0. The van der Waals surface area contributed by atoms with Crippen LogP contribution >= 0.6 is 11.6 Å². The SMILES string of the molecule is CCc1nc2cc(Cl)ncc2cc1O. The summed E-state index contributed by atoms with van der Waals surface area (Å²) in [6, 6.07) is 3.35. The lowest BCUT2D eigenvalue weighted by atomic mass is 10.2. The van der Waals surface area contributed by atoms with Crippen molar-refractivity contribution in [2.75, 3.05) is 0 Å². The topological polar surface area (TPSA) is 46.0 Å². The van der Waals surface area contributed by atoms with Crippen molar-refractivity contribution >= 4 is 22.5 Å². The van der Waals surface area contributed by atoms with E-state index in [1.165, 1.54) is 0 Å². The Bertz CT molecular complexity index is 485. The molecule has 2 aromatic heterocycles. The zero-order chi connectivity index (χ0) is 10.1. The lowest BCUT2D eigenvalue weighted by Gasteiger charge is -2.03. The van der Waals surface area contributed by atoms with Crippen molar-refractivity contribution in [2.24, 2.45) is 0 Å². The number of pyridine rings is 2. The van der Waals surface area contributed by atoms with Crippen molar-refractivity contribution in [3.63, 3.8) is 0 Å². The molecule has 0 spiro atoms. The van der Waals surface area contributed by atoms with Gasteiger partial charge in [-0.15, -0.1) is 0 Å². The second-order valence-electron chi connectivity index (χ2n) is 3.01. The van der Waals surface area contributed by atoms with Crippen LogP contribution in [0.25, 0.3) is 10.9 Å². The minimum atomic E-state index is 0.212. The molecule has 0 aliphatic carbocycles. The smallest absolute Gasteiger partial charge is 0.137 e. The second kappa shape index (κ2) is 3.42. The highest BCUT2D eigenvalue weighted by molar-refractivity contribution is 6.29. The van der Waals surface area contributed by atoms with Crippen molar-refractivity contribution in [1.29, 1.82) is 0 Å². The van der Waals surface area contributed by atoms with Crippen molar-refractivity contribution in [1.82, 2.24) is 9.97 Å². The molecule has 0 aliphatic rings. The van der Waals surface area contributed by atoms with Crippen LogP contribution in [0.5, 0.6) is 5.75 Å². The van der Waals surface area contributed by atoms with Crippen LogP contribution in [-0.2, 0) is 6.42 Å². The van der Waals surface area contributed by atoms with E-state index in [4.69, 9.17) is 11.6 Å². The maximum Gasteiger partial charge on any atom is 0.137 e. The lowest BCUT2D eigenvalue weighted by molar-refractivity contribution is 0.466. The first-order valence-electron chi connectivity index (χ1n) is 4.35. The van der Waals surface area contributed by atoms with Crippen LogP contribution in [0.2, 0.25) is 5.15 Å². The average Bonchev–Trinajstić information content (AvgIpc) is 2.17. The highest BCUT2D eigenvalue weighted by Crippen LogP contribution is 2.22. The van der Waals surface area contributed by atoms with Gasteiger partial charge < -0.3 is 5.11 Å². The van der Waals surface area contributed by atoms with Gasteiger partial charge in [-0.1, -0.05) is 18.5 Å². The Balaban J connectivity index is 2.73. The van der Waals surface area contributed by atoms with Gasteiger partial charge in [0.1, 0.15) is 10.9 Å². The first-order valence-corrected chi connectivity index (χ1v) is 4.72. The van der Waals surface area contributed by atoms with Crippen LogP contribution in [-0.4, -0.2) is 15.1 Å². The van der Waals surface area contributed by atoms with Gasteiger partial charge in [0.15, 0.2) is 0 Å². The summed E-state index contributed by atoms with van der Waals surface area (Å²) in [6.45, 7) is 1.94. The highest BCUT2D eigenvalue weighted by Gasteiger charge is 2.04. The normalized spacial score (nSPS) is 10.7. The molecule has 0 saturated heterocycles. The molecule has 0 aliphatic heterocycles. The monoisotopic (exact) mass is 208 g/mol. The molecule has 4 heteroatoms. The van der Waals surface area contributed by atoms with E-state index in [0.29, 0.717) is 17.3 Å². The third-order valence-electron chi connectivity index (χ3n) is 2.06. The predicted molar refractivity (Wildman–Crippen MR) is 55.6 cm³/mol. The van der Waals surface area contributed by atoms with Crippen LogP contribution in [0.4, 0.5) is 0 Å². The summed E-state index contributed by atoms with van der Waals surface area (Å²) in [5.41, 5.74) is 1.44. The molecule has 2 rings (SSSR count). The Labute approximate surface area is 86.4 Å². The van der Waals surface area contributed by atoms with E-state index in [-0.39, 0.29) is 5.75 Å². The number of aromatic nitrogens is 2. The molecule has 14 heavy (non-hydrogen) atoms. The molecule has 0 saturated carbocycles. The third-order valence-corrected chi connectivity index (χ3v) is 2.26. The summed E-state index contributed by atoms with van der Waals surface area (Å²) in [5, 5.41) is 10.8. The lowest BCUT2D eigenvalue weighted by Crippen LogP contribution is -1.90. The minimum Gasteiger partial charge on any atom is -0.506 e. The summed E-state index contributed by atoms with van der Waals surface area (Å²) in [6.07, 6.45) is 2.30. The fourth-order valence-electron chi connectivity index (χ4n) is 1.33. The van der Waals surface area contributed by atoms with Crippen molar-refractivity contribution in [3.05, 3.63) is 29.2 Å². The molecule has 72 valence electrons. The number of rotatable bonds is 1. The summed E-state index contributed by atoms with van der Waals surface area (Å²) in [4.78, 5) is 8.20. The van der Waals surface area contributed by atoms with Gasteiger partial charge in [-0.3, -0.25) is 0 Å². The number of nitrogens with zero attached hydrogens (tertiary/aromatic N) is 2. The number of fused-ring (bicyclic) bond motifs is 1. The molecule has 0 amide bonds. The van der Waals surface area contributed by atoms with Gasteiger partial charge in [-0.2, -0.15) is 0 Å². The van der Waals surface area contributed by atoms with Gasteiger partial charge >= 0.3 is 0 Å². The zero-order valence-corrected chi connectivity index (χ0v) is 8.41. The van der Waals surface area contributed by atoms with E-state index < -0.39 is 0 Å². The van der Waals surface area contributed by atoms with Crippen LogP contribution in [0.1, 0.15) is 12.6 Å². The molecule has 3 nitrogen and oxygen atoms in total. The number of hydrogen-bond donors (Lipinski definition) is 1. The van der Waals surface area contributed by atoms with Crippen molar-refractivity contribution in [3.8, 4) is 5.75 Å². The first kappa shape index (κ1) is 9.21. The zero-order valence-electron chi connectivity index (χ0n) is 7.66. The largest absolute Gasteiger partial charge is 0.506 e. The summed E-state index contributed by atoms with van der Waals surface area (Å²) in [5.74, 6) is 0.212. The Kier molecular flexibility index (Phi) is 2.25. The standard InChI is InChI=1S/C10H9ClN2O/c1-2-7-9(14)3-6-5-12-10(11)4-8(6)13-7/h3-5,14H,2H2,1H3. The maximum atomic E-state index is 9.55.